The molecule has 4 rings (SSSR count). The van der Waals surface area contributed by atoms with Crippen LogP contribution < -0.4 is 10.2 Å². The molecule has 132 valence electrons. The first-order valence-corrected chi connectivity index (χ1v) is 9.12. The number of aryl methyl sites for hydroxylation is 1. The van der Waals surface area contributed by atoms with Gasteiger partial charge in [-0.3, -0.25) is 19.7 Å². The van der Waals surface area contributed by atoms with Gasteiger partial charge in [0, 0.05) is 31.0 Å². The van der Waals surface area contributed by atoms with Crippen molar-refractivity contribution in [2.24, 2.45) is 11.3 Å². The molecule has 2 fully saturated rings. The van der Waals surface area contributed by atoms with Crippen molar-refractivity contribution in [1.29, 1.82) is 0 Å². The number of nitrogens with one attached hydrogen (secondary N) is 1. The lowest BCUT2D eigenvalue weighted by Gasteiger charge is -2.37. The molecule has 5 nitrogen and oxygen atoms in total. The zero-order valence-electron chi connectivity index (χ0n) is 14.8. The predicted octanol–water partition coefficient (Wildman–Crippen LogP) is 2.61. The van der Waals surface area contributed by atoms with Gasteiger partial charge in [-0.2, -0.15) is 0 Å². The second-order valence-electron chi connectivity index (χ2n) is 7.94. The van der Waals surface area contributed by atoms with Gasteiger partial charge in [-0.05, 0) is 50.7 Å². The Bertz CT molecular complexity index is 766. The van der Waals surface area contributed by atoms with Crippen LogP contribution in [0.1, 0.15) is 54.4 Å². The number of nitrogens with zero attached hydrogens (tertiary/aromatic N) is 1. The molecule has 1 aliphatic carbocycles. The number of hydrogen-bond donors (Lipinski definition) is 1. The van der Waals surface area contributed by atoms with Crippen LogP contribution in [0.4, 0.5) is 5.69 Å². The SMILES string of the molecule is Cc1cccc2c1N(C)C(CCC1CC3(CC3)C(=O)NC1=O)CC2=O. The number of benzene rings is 1. The van der Waals surface area contributed by atoms with E-state index in [4.69, 9.17) is 0 Å². The van der Waals surface area contributed by atoms with Crippen molar-refractivity contribution in [2.45, 2.75) is 51.5 Å². The molecular weight excluding hydrogens is 316 g/mol. The molecule has 3 aliphatic rings. The first-order chi connectivity index (χ1) is 11.9. The number of fused-ring (bicyclic) bond motifs is 1. The van der Waals surface area contributed by atoms with Crippen LogP contribution in [0.5, 0.6) is 0 Å². The molecule has 2 atom stereocenters. The van der Waals surface area contributed by atoms with Crippen LogP contribution in [0.3, 0.4) is 0 Å². The normalized spacial score (nSPS) is 27.3. The maximum absolute atomic E-state index is 12.5. The summed E-state index contributed by atoms with van der Waals surface area (Å²) in [5, 5.41) is 2.56. The lowest BCUT2D eigenvalue weighted by Crippen LogP contribution is -2.48. The van der Waals surface area contributed by atoms with Gasteiger partial charge in [0.1, 0.15) is 0 Å². The highest BCUT2D eigenvalue weighted by molar-refractivity contribution is 6.04. The Kier molecular flexibility index (Phi) is 3.71. The zero-order valence-corrected chi connectivity index (χ0v) is 14.8. The third-order valence-corrected chi connectivity index (χ3v) is 6.29. The molecular formula is C20H24N2O3. The Morgan fingerprint density at radius 2 is 1.96 bits per heavy atom. The van der Waals surface area contributed by atoms with E-state index in [0.717, 1.165) is 42.5 Å². The molecule has 2 amide bonds. The van der Waals surface area contributed by atoms with Crippen LogP contribution in [-0.2, 0) is 9.59 Å². The van der Waals surface area contributed by atoms with Crippen LogP contribution in [0.2, 0.25) is 0 Å². The van der Waals surface area contributed by atoms with Crippen molar-refractivity contribution < 1.29 is 14.4 Å². The monoisotopic (exact) mass is 340 g/mol. The molecule has 1 aromatic carbocycles. The van der Waals surface area contributed by atoms with Crippen LogP contribution in [0, 0.1) is 18.3 Å². The van der Waals surface area contributed by atoms with Gasteiger partial charge in [0.05, 0.1) is 11.1 Å². The third kappa shape index (κ3) is 2.66. The molecule has 5 heteroatoms. The minimum atomic E-state index is -0.268. The molecule has 1 N–H and O–H groups in total. The number of rotatable bonds is 3. The number of carbonyl (C=O) groups excluding carboxylic acids is 3. The summed E-state index contributed by atoms with van der Waals surface area (Å²) in [7, 11) is 2.04. The topological polar surface area (TPSA) is 66.5 Å². The average molecular weight is 340 g/mol. The standard InChI is InChI=1S/C20H24N2O3/c1-12-4-3-5-15-16(23)10-14(22(2)17(12)15)7-6-13-11-20(8-9-20)19(25)21-18(13)24/h3-5,13-14H,6-11H2,1-2H3,(H,21,24,25). The zero-order chi connectivity index (χ0) is 17.8. The van der Waals surface area contributed by atoms with E-state index in [-0.39, 0.29) is 35.0 Å². The average Bonchev–Trinajstić information content (AvgIpc) is 3.35. The number of para-hydroxylation sites is 1. The van der Waals surface area contributed by atoms with E-state index in [0.29, 0.717) is 12.8 Å². The van der Waals surface area contributed by atoms with Crippen molar-refractivity contribution >= 4 is 23.3 Å². The minimum absolute atomic E-state index is 0.0803. The highest BCUT2D eigenvalue weighted by Crippen LogP contribution is 2.53. The van der Waals surface area contributed by atoms with Crippen LogP contribution in [0.25, 0.3) is 0 Å². The maximum atomic E-state index is 12.5. The molecule has 2 heterocycles. The van der Waals surface area contributed by atoms with Crippen molar-refractivity contribution in [2.75, 3.05) is 11.9 Å². The predicted molar refractivity (Wildman–Crippen MR) is 94.5 cm³/mol. The summed E-state index contributed by atoms with van der Waals surface area (Å²) in [5.41, 5.74) is 2.66. The van der Waals surface area contributed by atoms with E-state index in [1.165, 1.54) is 0 Å². The number of ketones is 1. The number of anilines is 1. The molecule has 0 radical (unpaired) electrons. The Labute approximate surface area is 147 Å². The lowest BCUT2D eigenvalue weighted by molar-refractivity contribution is -0.141. The maximum Gasteiger partial charge on any atom is 0.232 e. The van der Waals surface area contributed by atoms with Gasteiger partial charge in [0.2, 0.25) is 11.8 Å². The van der Waals surface area contributed by atoms with E-state index in [1.54, 1.807) is 0 Å². The molecule has 1 spiro atoms. The molecule has 1 aromatic rings. The molecule has 1 saturated carbocycles. The van der Waals surface area contributed by atoms with E-state index < -0.39 is 0 Å². The van der Waals surface area contributed by atoms with E-state index >= 15 is 0 Å². The van der Waals surface area contributed by atoms with Gasteiger partial charge < -0.3 is 4.90 Å². The number of carbonyl (C=O) groups is 3. The molecule has 0 bridgehead atoms. The summed E-state index contributed by atoms with van der Waals surface area (Å²) in [4.78, 5) is 38.8. The largest absolute Gasteiger partial charge is 0.370 e. The van der Waals surface area contributed by atoms with Crippen molar-refractivity contribution in [1.82, 2.24) is 5.32 Å². The summed E-state index contributed by atoms with van der Waals surface area (Å²) in [6.07, 6.45) is 4.49. The number of piperidine rings is 1. The smallest absolute Gasteiger partial charge is 0.232 e. The van der Waals surface area contributed by atoms with E-state index in [2.05, 4.69) is 10.2 Å². The Morgan fingerprint density at radius 1 is 1.20 bits per heavy atom. The molecule has 1 saturated heterocycles. The van der Waals surface area contributed by atoms with Gasteiger partial charge >= 0.3 is 0 Å². The van der Waals surface area contributed by atoms with Crippen LogP contribution in [0.15, 0.2) is 18.2 Å². The Hall–Kier alpha value is -2.17. The number of hydrogen-bond acceptors (Lipinski definition) is 4. The second-order valence-corrected chi connectivity index (χ2v) is 7.94. The van der Waals surface area contributed by atoms with Gasteiger partial charge in [0.25, 0.3) is 0 Å². The fourth-order valence-electron chi connectivity index (χ4n) is 4.50. The second kappa shape index (κ2) is 5.68. The highest BCUT2D eigenvalue weighted by Gasteiger charge is 2.55. The molecule has 0 aromatic heterocycles. The van der Waals surface area contributed by atoms with Gasteiger partial charge in [-0.1, -0.05) is 12.1 Å². The highest BCUT2D eigenvalue weighted by atomic mass is 16.2. The fraction of sp³-hybridized carbons (Fsp3) is 0.550. The Morgan fingerprint density at radius 3 is 2.68 bits per heavy atom. The summed E-state index contributed by atoms with van der Waals surface area (Å²) in [6.45, 7) is 2.03. The van der Waals surface area contributed by atoms with E-state index in [1.807, 2.05) is 32.2 Å². The number of imide groups is 1. The van der Waals surface area contributed by atoms with E-state index in [9.17, 15) is 14.4 Å². The van der Waals surface area contributed by atoms with Crippen molar-refractivity contribution in [3.63, 3.8) is 0 Å². The number of amides is 2. The molecule has 2 unspecified atom stereocenters. The van der Waals surface area contributed by atoms with Crippen molar-refractivity contribution in [3.05, 3.63) is 29.3 Å². The third-order valence-electron chi connectivity index (χ3n) is 6.29. The summed E-state index contributed by atoms with van der Waals surface area (Å²) >= 11 is 0. The first-order valence-electron chi connectivity index (χ1n) is 9.12. The van der Waals surface area contributed by atoms with Gasteiger partial charge in [0.15, 0.2) is 5.78 Å². The molecule has 25 heavy (non-hydrogen) atoms. The van der Waals surface area contributed by atoms with Gasteiger partial charge in [-0.15, -0.1) is 0 Å². The van der Waals surface area contributed by atoms with Crippen LogP contribution in [-0.4, -0.2) is 30.7 Å². The quantitative estimate of drug-likeness (QED) is 0.859. The summed E-state index contributed by atoms with van der Waals surface area (Å²) < 4.78 is 0. The summed E-state index contributed by atoms with van der Waals surface area (Å²) in [6, 6.07) is 5.97. The Balaban J connectivity index is 1.47. The summed E-state index contributed by atoms with van der Waals surface area (Å²) in [5.74, 6) is -0.141. The number of Topliss-reactive ketones (excluding diaryl/α,β-unsaturated/α-hetero) is 1. The minimum Gasteiger partial charge on any atom is -0.370 e. The van der Waals surface area contributed by atoms with Crippen LogP contribution >= 0.6 is 0 Å². The van der Waals surface area contributed by atoms with Crippen molar-refractivity contribution in [3.8, 4) is 0 Å². The van der Waals surface area contributed by atoms with Gasteiger partial charge in [-0.25, -0.2) is 0 Å². The first kappa shape index (κ1) is 16.3. The lowest BCUT2D eigenvalue weighted by atomic mass is 9.82. The fourth-order valence-corrected chi connectivity index (χ4v) is 4.50. The molecule has 2 aliphatic heterocycles.